The van der Waals surface area contributed by atoms with E-state index in [0.717, 1.165) is 5.92 Å². The summed E-state index contributed by atoms with van der Waals surface area (Å²) in [4.78, 5) is 0. The Balaban J connectivity index is 2.66. The summed E-state index contributed by atoms with van der Waals surface area (Å²) < 4.78 is 0. The monoisotopic (exact) mass is 216 g/mol. The lowest BCUT2D eigenvalue weighted by Crippen LogP contribution is -1.95. The van der Waals surface area contributed by atoms with Crippen molar-refractivity contribution in [3.05, 3.63) is 42.0 Å². The molecule has 1 atom stereocenters. The molecule has 0 heterocycles. The summed E-state index contributed by atoms with van der Waals surface area (Å²) in [5.41, 5.74) is 2.78. The van der Waals surface area contributed by atoms with E-state index in [2.05, 4.69) is 57.2 Å². The van der Waals surface area contributed by atoms with Crippen LogP contribution in [-0.2, 0) is 0 Å². The first-order valence-corrected chi connectivity index (χ1v) is 6.51. The first-order chi connectivity index (χ1) is 7.77. The van der Waals surface area contributed by atoms with Crippen molar-refractivity contribution >= 4 is 5.57 Å². The van der Waals surface area contributed by atoms with Crippen LogP contribution in [0.3, 0.4) is 0 Å². The second-order valence-electron chi connectivity index (χ2n) is 4.53. The third-order valence-corrected chi connectivity index (χ3v) is 3.17. The molecular formula is C16H24. The Morgan fingerprint density at radius 2 is 1.88 bits per heavy atom. The molecule has 0 nitrogen and oxygen atoms in total. The minimum absolute atomic E-state index is 0.750. The summed E-state index contributed by atoms with van der Waals surface area (Å²) in [7, 11) is 0. The van der Waals surface area contributed by atoms with Gasteiger partial charge in [0.05, 0.1) is 0 Å². The summed E-state index contributed by atoms with van der Waals surface area (Å²) in [6.45, 7) is 6.78. The van der Waals surface area contributed by atoms with E-state index in [1.807, 2.05) is 0 Å². The van der Waals surface area contributed by atoms with Crippen molar-refractivity contribution in [3.8, 4) is 0 Å². The highest BCUT2D eigenvalue weighted by Crippen LogP contribution is 2.21. The van der Waals surface area contributed by atoms with Gasteiger partial charge in [-0.3, -0.25) is 0 Å². The van der Waals surface area contributed by atoms with Gasteiger partial charge in [0.1, 0.15) is 0 Å². The van der Waals surface area contributed by atoms with E-state index in [4.69, 9.17) is 0 Å². The molecule has 0 saturated carbocycles. The highest BCUT2D eigenvalue weighted by Gasteiger charge is 2.03. The van der Waals surface area contributed by atoms with Gasteiger partial charge >= 0.3 is 0 Å². The largest absolute Gasteiger partial charge is 0.0779 e. The van der Waals surface area contributed by atoms with Gasteiger partial charge in [-0.2, -0.15) is 0 Å². The maximum Gasteiger partial charge on any atom is -0.0230 e. The zero-order valence-corrected chi connectivity index (χ0v) is 10.9. The third kappa shape index (κ3) is 4.22. The van der Waals surface area contributed by atoms with Gasteiger partial charge in [0.25, 0.3) is 0 Å². The van der Waals surface area contributed by atoms with Gasteiger partial charge in [-0.15, -0.1) is 0 Å². The van der Waals surface area contributed by atoms with Crippen LogP contribution < -0.4 is 0 Å². The minimum atomic E-state index is 0.750. The van der Waals surface area contributed by atoms with Gasteiger partial charge in [-0.05, 0) is 36.8 Å². The smallest absolute Gasteiger partial charge is 0.0230 e. The first-order valence-electron chi connectivity index (χ1n) is 6.51. The van der Waals surface area contributed by atoms with Gasteiger partial charge in [0.15, 0.2) is 0 Å². The highest BCUT2D eigenvalue weighted by atomic mass is 14.1. The molecule has 16 heavy (non-hydrogen) atoms. The number of allylic oxidation sites excluding steroid dienone is 2. The van der Waals surface area contributed by atoms with Gasteiger partial charge in [0.2, 0.25) is 0 Å². The third-order valence-electron chi connectivity index (χ3n) is 3.17. The second kappa shape index (κ2) is 7.27. The molecule has 1 aromatic rings. The van der Waals surface area contributed by atoms with Gasteiger partial charge in [-0.1, -0.05) is 63.1 Å². The predicted octanol–water partition coefficient (Wildman–Crippen LogP) is 5.31. The molecule has 88 valence electrons. The molecule has 0 saturated heterocycles. The molecule has 0 radical (unpaired) electrons. The normalized spacial score (nSPS) is 13.8. The van der Waals surface area contributed by atoms with E-state index in [1.54, 1.807) is 0 Å². The van der Waals surface area contributed by atoms with Crippen LogP contribution in [0, 0.1) is 5.92 Å². The second-order valence-corrected chi connectivity index (χ2v) is 4.53. The fourth-order valence-corrected chi connectivity index (χ4v) is 2.02. The summed E-state index contributed by atoms with van der Waals surface area (Å²) in [6, 6.07) is 10.7. The van der Waals surface area contributed by atoms with Crippen LogP contribution >= 0.6 is 0 Å². The average Bonchev–Trinajstić information content (AvgIpc) is 2.35. The molecule has 0 spiro atoms. The molecule has 0 fully saturated rings. The number of unbranched alkanes of at least 4 members (excludes halogenated alkanes) is 1. The van der Waals surface area contributed by atoms with Crippen LogP contribution in [0.15, 0.2) is 36.4 Å². The van der Waals surface area contributed by atoms with Crippen molar-refractivity contribution in [2.75, 3.05) is 0 Å². The van der Waals surface area contributed by atoms with Crippen molar-refractivity contribution in [2.24, 2.45) is 5.92 Å². The average molecular weight is 216 g/mol. The van der Waals surface area contributed by atoms with Crippen molar-refractivity contribution in [3.63, 3.8) is 0 Å². The van der Waals surface area contributed by atoms with Crippen molar-refractivity contribution in [1.82, 2.24) is 0 Å². The van der Waals surface area contributed by atoms with Gasteiger partial charge in [-0.25, -0.2) is 0 Å². The maximum absolute atomic E-state index is 2.45. The Morgan fingerprint density at radius 3 is 2.44 bits per heavy atom. The fraction of sp³-hybridized carbons (Fsp3) is 0.500. The van der Waals surface area contributed by atoms with Crippen LogP contribution in [0.1, 0.15) is 52.0 Å². The first kappa shape index (κ1) is 13.0. The van der Waals surface area contributed by atoms with Crippen LogP contribution in [0.4, 0.5) is 0 Å². The molecule has 0 bridgehead atoms. The quantitative estimate of drug-likeness (QED) is 0.604. The summed E-state index contributed by atoms with van der Waals surface area (Å²) in [6.07, 6.45) is 7.68. The molecule has 1 rings (SSSR count). The van der Waals surface area contributed by atoms with Gasteiger partial charge in [0, 0.05) is 0 Å². The molecule has 1 unspecified atom stereocenters. The molecule has 0 aromatic heterocycles. The Kier molecular flexibility index (Phi) is 5.92. The van der Waals surface area contributed by atoms with Crippen LogP contribution in [-0.4, -0.2) is 0 Å². The highest BCUT2D eigenvalue weighted by molar-refractivity contribution is 5.63. The lowest BCUT2D eigenvalue weighted by Gasteiger charge is -2.11. The van der Waals surface area contributed by atoms with Gasteiger partial charge < -0.3 is 0 Å². The standard InChI is InChI=1S/C16H24/c1-4-6-10-15(5-2)13-14(3)16-11-8-7-9-12-16/h7-9,11-13,15H,4-6,10H2,1-3H3/b14-13+. The van der Waals surface area contributed by atoms with E-state index in [0.29, 0.717) is 0 Å². The fourth-order valence-electron chi connectivity index (χ4n) is 2.02. The van der Waals surface area contributed by atoms with Crippen molar-refractivity contribution < 1.29 is 0 Å². The van der Waals surface area contributed by atoms with Crippen molar-refractivity contribution in [1.29, 1.82) is 0 Å². The maximum atomic E-state index is 2.45. The Morgan fingerprint density at radius 1 is 1.19 bits per heavy atom. The Labute approximate surface area is 100 Å². The van der Waals surface area contributed by atoms with E-state index < -0.39 is 0 Å². The van der Waals surface area contributed by atoms with E-state index >= 15 is 0 Å². The summed E-state index contributed by atoms with van der Waals surface area (Å²) in [5.74, 6) is 0.750. The van der Waals surface area contributed by atoms with Crippen LogP contribution in [0.25, 0.3) is 5.57 Å². The van der Waals surface area contributed by atoms with E-state index in [1.165, 1.54) is 36.8 Å². The number of benzene rings is 1. The summed E-state index contributed by atoms with van der Waals surface area (Å²) in [5, 5.41) is 0. The molecule has 0 aliphatic carbocycles. The topological polar surface area (TPSA) is 0 Å². The SMILES string of the molecule is CCCCC(/C=C(\C)c1ccccc1)CC. The Bertz CT molecular complexity index is 308. The lowest BCUT2D eigenvalue weighted by atomic mass is 9.95. The zero-order chi connectivity index (χ0) is 11.8. The molecule has 1 aromatic carbocycles. The summed E-state index contributed by atoms with van der Waals surface area (Å²) >= 11 is 0. The predicted molar refractivity (Wildman–Crippen MR) is 73.4 cm³/mol. The van der Waals surface area contributed by atoms with Crippen molar-refractivity contribution in [2.45, 2.75) is 46.5 Å². The number of hydrogen-bond acceptors (Lipinski definition) is 0. The molecule has 0 heteroatoms. The van der Waals surface area contributed by atoms with Crippen LogP contribution in [0.2, 0.25) is 0 Å². The number of hydrogen-bond donors (Lipinski definition) is 0. The zero-order valence-electron chi connectivity index (χ0n) is 10.9. The molecule has 0 aliphatic rings. The van der Waals surface area contributed by atoms with E-state index in [-0.39, 0.29) is 0 Å². The van der Waals surface area contributed by atoms with Crippen LogP contribution in [0.5, 0.6) is 0 Å². The molecule has 0 N–H and O–H groups in total. The minimum Gasteiger partial charge on any atom is -0.0779 e. The lowest BCUT2D eigenvalue weighted by molar-refractivity contribution is 0.541. The molecule has 0 amide bonds. The molecule has 0 aliphatic heterocycles. The number of rotatable bonds is 6. The van der Waals surface area contributed by atoms with E-state index in [9.17, 15) is 0 Å². The Hall–Kier alpha value is -1.04. The molecular weight excluding hydrogens is 192 g/mol.